The minimum absolute atomic E-state index is 0.103. The number of aliphatic hydroxyl groups is 1. The molecule has 2 aromatic rings. The molecule has 0 saturated heterocycles. The Morgan fingerprint density at radius 1 is 1.44 bits per heavy atom. The summed E-state index contributed by atoms with van der Waals surface area (Å²) in [7, 11) is 0. The summed E-state index contributed by atoms with van der Waals surface area (Å²) in [5.41, 5.74) is 2.39. The highest BCUT2D eigenvalue weighted by atomic mass is 16.3. The molecule has 0 spiro atoms. The van der Waals surface area contributed by atoms with Gasteiger partial charge in [0.2, 0.25) is 0 Å². The van der Waals surface area contributed by atoms with Gasteiger partial charge < -0.3 is 5.11 Å². The predicted molar refractivity (Wildman–Crippen MR) is 59.5 cm³/mol. The lowest BCUT2D eigenvalue weighted by Crippen LogP contribution is -2.02. The molecule has 0 atom stereocenters. The Kier molecular flexibility index (Phi) is 3.26. The first-order valence-electron chi connectivity index (χ1n) is 5.30. The van der Waals surface area contributed by atoms with Crippen molar-refractivity contribution >= 4 is 0 Å². The summed E-state index contributed by atoms with van der Waals surface area (Å²) in [6.07, 6.45) is 4.45. The van der Waals surface area contributed by atoms with Crippen LogP contribution in [0.3, 0.4) is 0 Å². The number of aromatic nitrogens is 4. The van der Waals surface area contributed by atoms with Crippen LogP contribution >= 0.6 is 0 Å². The van der Waals surface area contributed by atoms with Gasteiger partial charge in [0.1, 0.15) is 5.69 Å². The molecule has 5 nitrogen and oxygen atoms in total. The molecule has 0 aliphatic carbocycles. The van der Waals surface area contributed by atoms with Gasteiger partial charge >= 0.3 is 0 Å². The van der Waals surface area contributed by atoms with Crippen LogP contribution < -0.4 is 0 Å². The smallest absolute Gasteiger partial charge is 0.116 e. The van der Waals surface area contributed by atoms with Gasteiger partial charge in [-0.25, -0.2) is 4.68 Å². The zero-order valence-electron chi connectivity index (χ0n) is 9.17. The highest BCUT2D eigenvalue weighted by molar-refractivity contribution is 5.60. The maximum Gasteiger partial charge on any atom is 0.116 e. The van der Waals surface area contributed by atoms with Crippen molar-refractivity contribution < 1.29 is 5.11 Å². The van der Waals surface area contributed by atoms with Gasteiger partial charge in [0, 0.05) is 24.5 Å². The molecule has 2 aromatic heterocycles. The highest BCUT2D eigenvalue weighted by Crippen LogP contribution is 2.21. The predicted octanol–water partition coefficient (Wildman–Crippen LogP) is 1.24. The van der Waals surface area contributed by atoms with Crippen molar-refractivity contribution in [2.45, 2.75) is 26.5 Å². The van der Waals surface area contributed by atoms with E-state index < -0.39 is 0 Å². The third-order valence-electron chi connectivity index (χ3n) is 2.33. The Morgan fingerprint density at radius 3 is 2.94 bits per heavy atom. The molecule has 0 fully saturated rings. The standard InChI is InChI=1S/C11H14N4O/c1-2-6-15-11(10(8-16)13-14-15)9-4-3-5-12-7-9/h3-5,7,16H,2,6,8H2,1H3. The van der Waals surface area contributed by atoms with Gasteiger partial charge in [-0.1, -0.05) is 12.1 Å². The molecule has 0 amide bonds. The second-order valence-electron chi connectivity index (χ2n) is 3.51. The summed E-state index contributed by atoms with van der Waals surface area (Å²) in [4.78, 5) is 4.07. The van der Waals surface area contributed by atoms with Crippen molar-refractivity contribution in [1.29, 1.82) is 0 Å². The lowest BCUT2D eigenvalue weighted by molar-refractivity contribution is 0.277. The topological polar surface area (TPSA) is 63.8 Å². The van der Waals surface area contributed by atoms with E-state index in [1.807, 2.05) is 16.8 Å². The van der Waals surface area contributed by atoms with Gasteiger partial charge in [-0.3, -0.25) is 4.98 Å². The van der Waals surface area contributed by atoms with Crippen LogP contribution in [0.2, 0.25) is 0 Å². The minimum Gasteiger partial charge on any atom is -0.390 e. The number of rotatable bonds is 4. The zero-order valence-corrected chi connectivity index (χ0v) is 9.17. The average molecular weight is 218 g/mol. The summed E-state index contributed by atoms with van der Waals surface area (Å²) >= 11 is 0. The fourth-order valence-electron chi connectivity index (χ4n) is 1.64. The van der Waals surface area contributed by atoms with Crippen LogP contribution in [-0.4, -0.2) is 25.1 Å². The van der Waals surface area contributed by atoms with Crippen LogP contribution in [0.25, 0.3) is 11.3 Å². The molecule has 2 rings (SSSR count). The van der Waals surface area contributed by atoms with Crippen LogP contribution in [0, 0.1) is 0 Å². The first kappa shape index (κ1) is 10.8. The fraction of sp³-hybridized carbons (Fsp3) is 0.364. The zero-order chi connectivity index (χ0) is 11.4. The molecule has 0 aliphatic heterocycles. The quantitative estimate of drug-likeness (QED) is 0.838. The second-order valence-corrected chi connectivity index (χ2v) is 3.51. The van der Waals surface area contributed by atoms with Crippen molar-refractivity contribution in [3.63, 3.8) is 0 Å². The molecule has 2 heterocycles. The SMILES string of the molecule is CCCn1nnc(CO)c1-c1cccnc1. The second kappa shape index (κ2) is 4.85. The van der Waals surface area contributed by atoms with E-state index >= 15 is 0 Å². The number of nitrogens with zero attached hydrogens (tertiary/aromatic N) is 4. The largest absolute Gasteiger partial charge is 0.390 e. The first-order chi connectivity index (χ1) is 7.86. The number of hydrogen-bond donors (Lipinski definition) is 1. The van der Waals surface area contributed by atoms with E-state index in [9.17, 15) is 5.11 Å². The Balaban J connectivity index is 2.48. The van der Waals surface area contributed by atoms with Crippen molar-refractivity contribution in [3.05, 3.63) is 30.2 Å². The summed E-state index contributed by atoms with van der Waals surface area (Å²) in [5.74, 6) is 0. The molecule has 0 saturated carbocycles. The van der Waals surface area contributed by atoms with Gasteiger partial charge in [-0.15, -0.1) is 5.10 Å². The maximum atomic E-state index is 9.23. The Morgan fingerprint density at radius 2 is 2.31 bits per heavy atom. The summed E-state index contributed by atoms with van der Waals surface area (Å²) in [5, 5.41) is 17.2. The Bertz CT molecular complexity index is 452. The van der Waals surface area contributed by atoms with E-state index in [4.69, 9.17) is 0 Å². The number of aliphatic hydroxyl groups excluding tert-OH is 1. The minimum atomic E-state index is -0.103. The van der Waals surface area contributed by atoms with Gasteiger partial charge in [-0.2, -0.15) is 0 Å². The van der Waals surface area contributed by atoms with E-state index in [2.05, 4.69) is 22.2 Å². The molecule has 0 unspecified atom stereocenters. The first-order valence-corrected chi connectivity index (χ1v) is 5.30. The van der Waals surface area contributed by atoms with Gasteiger partial charge in [0.25, 0.3) is 0 Å². The van der Waals surface area contributed by atoms with Crippen molar-refractivity contribution in [1.82, 2.24) is 20.0 Å². The third kappa shape index (κ3) is 1.94. The van der Waals surface area contributed by atoms with E-state index in [1.54, 1.807) is 12.4 Å². The monoisotopic (exact) mass is 218 g/mol. The molecular weight excluding hydrogens is 204 g/mol. The van der Waals surface area contributed by atoms with Gasteiger partial charge in [0.15, 0.2) is 0 Å². The summed E-state index contributed by atoms with van der Waals surface area (Å²) in [6.45, 7) is 2.76. The van der Waals surface area contributed by atoms with Crippen LogP contribution in [0.4, 0.5) is 0 Å². The van der Waals surface area contributed by atoms with Crippen molar-refractivity contribution in [2.24, 2.45) is 0 Å². The molecule has 0 radical (unpaired) electrons. The lowest BCUT2D eigenvalue weighted by Gasteiger charge is -2.05. The highest BCUT2D eigenvalue weighted by Gasteiger charge is 2.13. The van der Waals surface area contributed by atoms with E-state index in [1.165, 1.54) is 0 Å². The Labute approximate surface area is 93.8 Å². The average Bonchev–Trinajstić information content (AvgIpc) is 2.74. The molecule has 84 valence electrons. The lowest BCUT2D eigenvalue weighted by atomic mass is 10.1. The normalized spacial score (nSPS) is 10.6. The molecule has 0 bridgehead atoms. The molecule has 1 N–H and O–H groups in total. The Hall–Kier alpha value is -1.75. The maximum absolute atomic E-state index is 9.23. The van der Waals surface area contributed by atoms with Crippen LogP contribution in [0.1, 0.15) is 19.0 Å². The van der Waals surface area contributed by atoms with E-state index in [0.29, 0.717) is 5.69 Å². The summed E-state index contributed by atoms with van der Waals surface area (Å²) in [6, 6.07) is 3.80. The molecule has 0 aromatic carbocycles. The van der Waals surface area contributed by atoms with Crippen LogP contribution in [0.5, 0.6) is 0 Å². The number of pyridine rings is 1. The molecular formula is C11H14N4O. The number of hydrogen-bond acceptors (Lipinski definition) is 4. The van der Waals surface area contributed by atoms with Crippen molar-refractivity contribution in [3.8, 4) is 11.3 Å². The van der Waals surface area contributed by atoms with E-state index in [-0.39, 0.29) is 6.61 Å². The number of aryl methyl sites for hydroxylation is 1. The summed E-state index contributed by atoms with van der Waals surface area (Å²) < 4.78 is 1.81. The third-order valence-corrected chi connectivity index (χ3v) is 2.33. The fourth-order valence-corrected chi connectivity index (χ4v) is 1.64. The molecule has 0 aliphatic rings. The van der Waals surface area contributed by atoms with Gasteiger partial charge in [-0.05, 0) is 18.6 Å². The van der Waals surface area contributed by atoms with Crippen LogP contribution in [-0.2, 0) is 13.2 Å². The van der Waals surface area contributed by atoms with E-state index in [0.717, 1.165) is 24.2 Å². The van der Waals surface area contributed by atoms with Crippen molar-refractivity contribution in [2.75, 3.05) is 0 Å². The van der Waals surface area contributed by atoms with Crippen LogP contribution in [0.15, 0.2) is 24.5 Å². The molecule has 5 heteroatoms. The van der Waals surface area contributed by atoms with Gasteiger partial charge in [0.05, 0.1) is 12.3 Å². The molecule has 16 heavy (non-hydrogen) atoms.